The van der Waals surface area contributed by atoms with Crippen LogP contribution in [0.2, 0.25) is 0 Å². The van der Waals surface area contributed by atoms with Gasteiger partial charge in [0.25, 0.3) is 0 Å². The summed E-state index contributed by atoms with van der Waals surface area (Å²) in [5.41, 5.74) is 0. The van der Waals surface area contributed by atoms with Gasteiger partial charge in [0.1, 0.15) is 6.61 Å². The molecule has 116 heavy (non-hydrogen) atoms. The van der Waals surface area contributed by atoms with Crippen molar-refractivity contribution in [2.24, 2.45) is 71.0 Å². The summed E-state index contributed by atoms with van der Waals surface area (Å²) in [5, 5.41) is 0. The molecule has 0 aromatic rings. The number of carbonyl (C=O) groups excluding carboxylic acids is 4. The Morgan fingerprint density at radius 3 is 0.767 bits per heavy atom. The molecule has 12 atom stereocenters. The van der Waals surface area contributed by atoms with E-state index in [9.17, 15) is 19.2 Å². The highest BCUT2D eigenvalue weighted by atomic mass is 16.6. The van der Waals surface area contributed by atoms with Gasteiger partial charge in [-0.3, -0.25) is 19.2 Å². The van der Waals surface area contributed by atoms with Crippen molar-refractivity contribution in [2.75, 3.05) is 135 Å². The molecule has 6 saturated carbocycles. The number of hydrogen-bond acceptors (Lipinski definition) is 11. The van der Waals surface area contributed by atoms with E-state index < -0.39 is 0 Å². The van der Waals surface area contributed by atoms with Crippen LogP contribution in [-0.4, -0.2) is 178 Å². The fraction of sp³-hybridized carbons (Fsp3) is 0.961. The normalized spacial score (nSPS) is 22.1. The zero-order valence-electron chi connectivity index (χ0n) is 80.0. The summed E-state index contributed by atoms with van der Waals surface area (Å²) >= 11 is 0. The van der Waals surface area contributed by atoms with E-state index in [1.807, 2.05) is 14.1 Å². The Hall–Kier alpha value is -2.32. The van der Waals surface area contributed by atoms with Crippen LogP contribution in [0.25, 0.3) is 0 Å². The third-order valence-electron chi connectivity index (χ3n) is 27.1. The fourth-order valence-corrected chi connectivity index (χ4v) is 18.5. The van der Waals surface area contributed by atoms with Gasteiger partial charge in [0.2, 0.25) is 0 Å². The maximum Gasteiger partial charge on any atom is 0.305 e. The van der Waals surface area contributed by atoms with Crippen LogP contribution in [0.4, 0.5) is 0 Å². The Labute approximate surface area is 721 Å². The summed E-state index contributed by atoms with van der Waals surface area (Å²) in [6, 6.07) is 0. The van der Waals surface area contributed by atoms with E-state index in [1.165, 1.54) is 289 Å². The minimum atomic E-state index is -0.0637. The molecule has 13 heteroatoms. The molecule has 6 fully saturated rings. The minimum Gasteiger partial charge on any atom is -0.466 e. The molecule has 0 saturated heterocycles. The highest BCUT2D eigenvalue weighted by Crippen LogP contribution is 2.56. The van der Waals surface area contributed by atoms with Crippen molar-refractivity contribution in [3.8, 4) is 0 Å². The second-order valence-electron chi connectivity index (χ2n) is 40.7. The second-order valence-corrected chi connectivity index (χ2v) is 40.7. The van der Waals surface area contributed by atoms with Crippen LogP contribution in [0, 0.1) is 71.0 Å². The Morgan fingerprint density at radius 1 is 0.259 bits per heavy atom. The van der Waals surface area contributed by atoms with Crippen molar-refractivity contribution in [3.63, 3.8) is 0 Å². The molecule has 0 aromatic heterocycles. The SMILES string of the molecule is CCCCCC1CC1CC1CC1CCCCCCCC(=O)OCCC[N+](C)(C)C.CCCCCC1CC1CC1CC1CCCCCCCC(=O)OCCOCCN(CC)CC.CCCCCCCCC1CC1CCCCCCCC(=O)OCCCN(C)C.CCCCCCCCC1CC1CCCCCCCC(=O)OCCC[N+](C)(C)C. The third kappa shape index (κ3) is 66.3. The molecule has 0 N–H and O–H groups in total. The van der Waals surface area contributed by atoms with E-state index in [1.54, 1.807) is 25.7 Å². The lowest BCUT2D eigenvalue weighted by molar-refractivity contribution is -0.870. The Morgan fingerprint density at radius 2 is 0.491 bits per heavy atom. The lowest BCUT2D eigenvalue weighted by Gasteiger charge is -2.23. The van der Waals surface area contributed by atoms with E-state index in [4.69, 9.17) is 23.7 Å². The summed E-state index contributed by atoms with van der Waals surface area (Å²) in [5.74, 6) is 12.8. The number of esters is 4. The molecule has 0 amide bonds. The predicted octanol–water partition coefficient (Wildman–Crippen LogP) is 26.8. The third-order valence-corrected chi connectivity index (χ3v) is 27.1. The second kappa shape index (κ2) is 70.0. The van der Waals surface area contributed by atoms with Crippen molar-refractivity contribution in [1.82, 2.24) is 9.80 Å². The zero-order valence-corrected chi connectivity index (χ0v) is 80.0. The molecular weight excluding hydrogens is 1440 g/mol. The Balaban J connectivity index is 0.000000401. The predicted molar refractivity (Wildman–Crippen MR) is 493 cm³/mol. The molecule has 0 aliphatic heterocycles. The van der Waals surface area contributed by atoms with Gasteiger partial charge in [0.15, 0.2) is 0 Å². The summed E-state index contributed by atoms with van der Waals surface area (Å²) < 4.78 is 28.6. The van der Waals surface area contributed by atoms with Gasteiger partial charge < -0.3 is 42.5 Å². The first-order chi connectivity index (χ1) is 56.1. The lowest BCUT2D eigenvalue weighted by atomic mass is 10.0. The number of likely N-dealkylation sites (N-methyl/N-ethyl adjacent to an activating group) is 1. The first-order valence-corrected chi connectivity index (χ1v) is 51.3. The van der Waals surface area contributed by atoms with Gasteiger partial charge in [-0.25, -0.2) is 0 Å². The fourth-order valence-electron chi connectivity index (χ4n) is 18.5. The average molecular weight is 1640 g/mol. The molecule has 684 valence electrons. The average Bonchev–Trinajstić information content (AvgIpc) is 1.65. The number of unbranched alkanes of at least 4 members (excludes halogenated alkanes) is 30. The smallest absolute Gasteiger partial charge is 0.305 e. The van der Waals surface area contributed by atoms with Gasteiger partial charge in [0, 0.05) is 51.6 Å². The topological polar surface area (TPSA) is 121 Å². The molecule has 0 spiro atoms. The largest absolute Gasteiger partial charge is 0.466 e. The maximum absolute atomic E-state index is 11.8. The van der Waals surface area contributed by atoms with E-state index >= 15 is 0 Å². The van der Waals surface area contributed by atoms with Crippen LogP contribution in [-0.2, 0) is 42.9 Å². The molecule has 12 unspecified atom stereocenters. The number of nitrogens with zero attached hydrogens (tertiary/aromatic N) is 4. The van der Waals surface area contributed by atoms with E-state index in [0.717, 1.165) is 171 Å². The molecule has 6 rings (SSSR count). The quantitative estimate of drug-likeness (QED) is 0.0250. The van der Waals surface area contributed by atoms with Crippen molar-refractivity contribution in [2.45, 2.75) is 433 Å². The number of ether oxygens (including phenoxy) is 5. The molecule has 0 bridgehead atoms. The number of carbonyl (C=O) groups is 4. The van der Waals surface area contributed by atoms with E-state index in [-0.39, 0.29) is 23.9 Å². The molecular formula is C103H200N4O9+2. The first kappa shape index (κ1) is 108. The number of hydrogen-bond donors (Lipinski definition) is 0. The highest BCUT2D eigenvalue weighted by Gasteiger charge is 2.46. The summed E-state index contributed by atoms with van der Waals surface area (Å²) in [4.78, 5) is 51.4. The monoisotopic (exact) mass is 1640 g/mol. The molecule has 0 aromatic carbocycles. The van der Waals surface area contributed by atoms with Gasteiger partial charge in [-0.2, -0.15) is 0 Å². The van der Waals surface area contributed by atoms with Crippen molar-refractivity contribution in [3.05, 3.63) is 0 Å². The van der Waals surface area contributed by atoms with Gasteiger partial charge in [-0.15, -0.1) is 0 Å². The molecule has 0 radical (unpaired) electrons. The van der Waals surface area contributed by atoms with Crippen LogP contribution >= 0.6 is 0 Å². The first-order valence-electron chi connectivity index (χ1n) is 51.3. The Kier molecular flexibility index (Phi) is 65.1. The van der Waals surface area contributed by atoms with Crippen molar-refractivity contribution < 1.29 is 51.8 Å². The lowest BCUT2D eigenvalue weighted by Crippen LogP contribution is -2.35. The maximum atomic E-state index is 11.8. The number of rotatable bonds is 78. The van der Waals surface area contributed by atoms with Crippen LogP contribution < -0.4 is 0 Å². The molecule has 6 aliphatic rings. The summed E-state index contributed by atoms with van der Waals surface area (Å²) in [6.45, 7) is 23.0. The summed E-state index contributed by atoms with van der Waals surface area (Å²) in [6.07, 6.45) is 79.8. The van der Waals surface area contributed by atoms with E-state index in [0.29, 0.717) is 65.3 Å². The van der Waals surface area contributed by atoms with Gasteiger partial charge in [0.05, 0.1) is 88.4 Å². The van der Waals surface area contributed by atoms with Crippen LogP contribution in [0.5, 0.6) is 0 Å². The van der Waals surface area contributed by atoms with Crippen LogP contribution in [0.15, 0.2) is 0 Å². The molecule has 6 aliphatic carbocycles. The van der Waals surface area contributed by atoms with Gasteiger partial charge >= 0.3 is 23.9 Å². The van der Waals surface area contributed by atoms with Crippen LogP contribution in [0.1, 0.15) is 433 Å². The Bertz CT molecular complexity index is 2300. The van der Waals surface area contributed by atoms with E-state index in [2.05, 4.69) is 93.6 Å². The van der Waals surface area contributed by atoms with Crippen molar-refractivity contribution in [1.29, 1.82) is 0 Å². The minimum absolute atomic E-state index is 0.000283. The standard InChI is InChI=1S/C28H53NO3.C26H50NO2.C25H50NO2.C24H47NO2/c1-4-7-11-14-24-21-26(24)23-27-22-25(27)15-12-9-8-10-13-16-28(30)32-20-19-31-18-17-29(5-2)6-3;1-5-6-10-14-22-19-24(22)21-25-20-23(25)15-11-8-7-9-12-16-26(28)29-18-13-17-27(2,3)4;1-5-6-7-8-10-13-17-23-22-24(23)18-14-11-9-12-15-19-25(27)28-21-16-20-26(2,3)4;1-4-5-6-7-9-12-16-22-21-23(22)17-13-10-8-11-14-18-24(26)27-20-15-19-25(2)3/h24-27H,4-23H2,1-3H3;22-25H,5-21H2,1-4H3;23-24H,5-22H2,1-4H3;22-23H,4-21H2,1-3H3/q;2*+1;. The summed E-state index contributed by atoms with van der Waals surface area (Å²) in [7, 11) is 17.1. The zero-order chi connectivity index (χ0) is 84.5. The van der Waals surface area contributed by atoms with Crippen LogP contribution in [0.3, 0.4) is 0 Å². The highest BCUT2D eigenvalue weighted by molar-refractivity contribution is 5.70. The van der Waals surface area contributed by atoms with Crippen molar-refractivity contribution >= 4 is 23.9 Å². The molecule has 0 heterocycles. The number of quaternary nitrogens is 2. The van der Waals surface area contributed by atoms with Gasteiger partial charge in [-0.1, -0.05) is 311 Å². The van der Waals surface area contributed by atoms with Gasteiger partial charge in [-0.05, 0) is 182 Å². The molecule has 13 nitrogen and oxygen atoms in total.